The van der Waals surface area contributed by atoms with E-state index in [9.17, 15) is 4.79 Å². The summed E-state index contributed by atoms with van der Waals surface area (Å²) in [6.07, 6.45) is 0. The Bertz CT molecular complexity index is 618. The largest absolute Gasteiger partial charge is 0.477 e. The third-order valence-electron chi connectivity index (χ3n) is 2.79. The summed E-state index contributed by atoms with van der Waals surface area (Å²) in [5, 5.41) is 12.1. The summed E-state index contributed by atoms with van der Waals surface area (Å²) in [5.74, 6) is -0.759. The van der Waals surface area contributed by atoms with Crippen LogP contribution in [-0.4, -0.2) is 21.0 Å². The normalized spacial score (nSPS) is 10.3. The molecule has 98 valence electrons. The molecule has 0 saturated heterocycles. The molecule has 2 rings (SSSR count). The molecule has 0 unspecified atom stereocenters. The number of hydrogen-bond donors (Lipinski definition) is 2. The molecule has 2 N–H and O–H groups in total. The number of aromatic nitrogens is 2. The summed E-state index contributed by atoms with van der Waals surface area (Å²) in [6, 6.07) is 7.36. The SMILES string of the molecule is Cc1cc(C(=O)O)nc(Nc2c(C)cccc2C)n1. The Morgan fingerprint density at radius 3 is 2.37 bits per heavy atom. The van der Waals surface area contributed by atoms with Gasteiger partial charge in [-0.3, -0.25) is 0 Å². The fourth-order valence-electron chi connectivity index (χ4n) is 1.86. The van der Waals surface area contributed by atoms with E-state index >= 15 is 0 Å². The quantitative estimate of drug-likeness (QED) is 0.884. The summed E-state index contributed by atoms with van der Waals surface area (Å²) in [5.41, 5.74) is 3.62. The molecule has 0 saturated carbocycles. The van der Waals surface area contributed by atoms with E-state index in [1.807, 2.05) is 32.0 Å². The van der Waals surface area contributed by atoms with Crippen molar-refractivity contribution >= 4 is 17.6 Å². The molecule has 0 spiro atoms. The number of aromatic carboxylic acids is 1. The first-order valence-electron chi connectivity index (χ1n) is 5.89. The van der Waals surface area contributed by atoms with Crippen molar-refractivity contribution in [2.75, 3.05) is 5.32 Å². The maximum Gasteiger partial charge on any atom is 0.354 e. The Hall–Kier alpha value is -2.43. The van der Waals surface area contributed by atoms with E-state index in [4.69, 9.17) is 5.11 Å². The fourth-order valence-corrected chi connectivity index (χ4v) is 1.86. The molecule has 0 aliphatic heterocycles. The molecule has 0 aliphatic carbocycles. The zero-order chi connectivity index (χ0) is 14.0. The average molecular weight is 257 g/mol. The van der Waals surface area contributed by atoms with Crippen LogP contribution in [0.4, 0.5) is 11.6 Å². The molecule has 0 fully saturated rings. The second-order valence-corrected chi connectivity index (χ2v) is 4.42. The summed E-state index contributed by atoms with van der Waals surface area (Å²) in [4.78, 5) is 19.2. The van der Waals surface area contributed by atoms with Gasteiger partial charge in [-0.2, -0.15) is 0 Å². The van der Waals surface area contributed by atoms with Gasteiger partial charge in [-0.1, -0.05) is 18.2 Å². The lowest BCUT2D eigenvalue weighted by atomic mass is 10.1. The van der Waals surface area contributed by atoms with Crippen LogP contribution in [0.5, 0.6) is 0 Å². The number of nitrogens with zero attached hydrogens (tertiary/aromatic N) is 2. The Morgan fingerprint density at radius 2 is 1.79 bits per heavy atom. The van der Waals surface area contributed by atoms with Gasteiger partial charge in [0.15, 0.2) is 5.69 Å². The number of aryl methyl sites for hydroxylation is 3. The number of nitrogens with one attached hydrogen (secondary N) is 1. The molecule has 5 heteroatoms. The number of para-hydroxylation sites is 1. The highest BCUT2D eigenvalue weighted by atomic mass is 16.4. The second-order valence-electron chi connectivity index (χ2n) is 4.42. The zero-order valence-corrected chi connectivity index (χ0v) is 11.1. The van der Waals surface area contributed by atoms with Crippen molar-refractivity contribution in [2.24, 2.45) is 0 Å². The third-order valence-corrected chi connectivity index (χ3v) is 2.79. The van der Waals surface area contributed by atoms with Crippen molar-refractivity contribution in [1.29, 1.82) is 0 Å². The van der Waals surface area contributed by atoms with E-state index in [1.54, 1.807) is 6.92 Å². The lowest BCUT2D eigenvalue weighted by Gasteiger charge is -2.11. The van der Waals surface area contributed by atoms with Crippen LogP contribution in [0.3, 0.4) is 0 Å². The van der Waals surface area contributed by atoms with Crippen molar-refractivity contribution < 1.29 is 9.90 Å². The van der Waals surface area contributed by atoms with Crippen molar-refractivity contribution in [3.05, 3.63) is 46.8 Å². The van der Waals surface area contributed by atoms with Gasteiger partial charge in [-0.15, -0.1) is 0 Å². The number of carboxylic acids is 1. The van der Waals surface area contributed by atoms with E-state index in [1.165, 1.54) is 6.07 Å². The lowest BCUT2D eigenvalue weighted by molar-refractivity contribution is 0.0690. The Morgan fingerprint density at radius 1 is 1.16 bits per heavy atom. The molecule has 0 bridgehead atoms. The van der Waals surface area contributed by atoms with Gasteiger partial charge in [-0.05, 0) is 38.0 Å². The summed E-state index contributed by atoms with van der Waals surface area (Å²) in [6.45, 7) is 5.69. The number of benzene rings is 1. The van der Waals surface area contributed by atoms with Gasteiger partial charge < -0.3 is 10.4 Å². The lowest BCUT2D eigenvalue weighted by Crippen LogP contribution is -2.07. The molecular weight excluding hydrogens is 242 g/mol. The van der Waals surface area contributed by atoms with Crippen LogP contribution in [0.2, 0.25) is 0 Å². The molecule has 0 radical (unpaired) electrons. The number of rotatable bonds is 3. The van der Waals surface area contributed by atoms with Crippen LogP contribution in [0.15, 0.2) is 24.3 Å². The predicted octanol–water partition coefficient (Wildman–Crippen LogP) is 2.84. The minimum Gasteiger partial charge on any atom is -0.477 e. The van der Waals surface area contributed by atoms with Crippen LogP contribution in [0.25, 0.3) is 0 Å². The van der Waals surface area contributed by atoms with E-state index < -0.39 is 5.97 Å². The minimum absolute atomic E-state index is 0.0127. The van der Waals surface area contributed by atoms with E-state index in [0.29, 0.717) is 11.6 Å². The fraction of sp³-hybridized carbons (Fsp3) is 0.214. The molecule has 1 heterocycles. The van der Waals surface area contributed by atoms with Crippen LogP contribution in [0, 0.1) is 20.8 Å². The topological polar surface area (TPSA) is 75.1 Å². The van der Waals surface area contributed by atoms with Crippen LogP contribution < -0.4 is 5.32 Å². The first-order chi connectivity index (χ1) is 8.97. The van der Waals surface area contributed by atoms with E-state index in [0.717, 1.165) is 16.8 Å². The smallest absolute Gasteiger partial charge is 0.354 e. The summed E-state index contributed by atoms with van der Waals surface area (Å²) in [7, 11) is 0. The maximum atomic E-state index is 11.0. The molecule has 2 aromatic rings. The Kier molecular flexibility index (Phi) is 3.46. The predicted molar refractivity (Wildman–Crippen MR) is 72.9 cm³/mol. The molecule has 5 nitrogen and oxygen atoms in total. The van der Waals surface area contributed by atoms with Gasteiger partial charge in [0.1, 0.15) is 0 Å². The third kappa shape index (κ3) is 2.88. The van der Waals surface area contributed by atoms with Crippen molar-refractivity contribution in [1.82, 2.24) is 9.97 Å². The Balaban J connectivity index is 2.41. The average Bonchev–Trinajstić information content (AvgIpc) is 2.33. The molecule has 0 aliphatic rings. The highest BCUT2D eigenvalue weighted by Gasteiger charge is 2.10. The molecular formula is C14H15N3O2. The molecule has 1 aromatic heterocycles. The second kappa shape index (κ2) is 5.06. The highest BCUT2D eigenvalue weighted by molar-refractivity contribution is 5.85. The van der Waals surface area contributed by atoms with Crippen LogP contribution >= 0.6 is 0 Å². The Labute approximate surface area is 111 Å². The number of hydrogen-bond acceptors (Lipinski definition) is 4. The zero-order valence-electron chi connectivity index (χ0n) is 11.1. The minimum atomic E-state index is -1.06. The van der Waals surface area contributed by atoms with Crippen molar-refractivity contribution in [3.8, 4) is 0 Å². The van der Waals surface area contributed by atoms with Crippen molar-refractivity contribution in [3.63, 3.8) is 0 Å². The van der Waals surface area contributed by atoms with Gasteiger partial charge in [0.05, 0.1) is 0 Å². The first-order valence-corrected chi connectivity index (χ1v) is 5.89. The maximum absolute atomic E-state index is 11.0. The highest BCUT2D eigenvalue weighted by Crippen LogP contribution is 2.22. The summed E-state index contributed by atoms with van der Waals surface area (Å²) < 4.78 is 0. The molecule has 0 atom stereocenters. The van der Waals surface area contributed by atoms with E-state index in [-0.39, 0.29) is 5.69 Å². The monoisotopic (exact) mass is 257 g/mol. The van der Waals surface area contributed by atoms with Crippen LogP contribution in [0.1, 0.15) is 27.3 Å². The van der Waals surface area contributed by atoms with Crippen molar-refractivity contribution in [2.45, 2.75) is 20.8 Å². The molecule has 0 amide bonds. The number of carbonyl (C=O) groups is 1. The van der Waals surface area contributed by atoms with Gasteiger partial charge in [-0.25, -0.2) is 14.8 Å². The van der Waals surface area contributed by atoms with Gasteiger partial charge >= 0.3 is 5.97 Å². The van der Waals surface area contributed by atoms with Gasteiger partial charge in [0.25, 0.3) is 0 Å². The molecule has 19 heavy (non-hydrogen) atoms. The summed E-state index contributed by atoms with van der Waals surface area (Å²) >= 11 is 0. The van der Waals surface area contributed by atoms with Gasteiger partial charge in [0, 0.05) is 11.4 Å². The van der Waals surface area contributed by atoms with E-state index in [2.05, 4.69) is 15.3 Å². The molecule has 1 aromatic carbocycles. The standard InChI is InChI=1S/C14H15N3O2/c1-8-5-4-6-9(2)12(8)17-14-15-10(3)7-11(16-14)13(18)19/h4-7H,1-3H3,(H,18,19)(H,15,16,17). The van der Waals surface area contributed by atoms with Gasteiger partial charge in [0.2, 0.25) is 5.95 Å². The first kappa shape index (κ1) is 13.0. The van der Waals surface area contributed by atoms with Crippen LogP contribution in [-0.2, 0) is 0 Å². The number of anilines is 2. The number of carboxylic acid groups (broad SMARTS) is 1.